The van der Waals surface area contributed by atoms with Gasteiger partial charge in [-0.25, -0.2) is 0 Å². The van der Waals surface area contributed by atoms with Crippen LogP contribution in [-0.4, -0.2) is 11.5 Å². The molecule has 1 aromatic carbocycles. The van der Waals surface area contributed by atoms with E-state index in [1.54, 1.807) is 18.2 Å². The van der Waals surface area contributed by atoms with Crippen LogP contribution in [0.4, 0.5) is 11.4 Å². The van der Waals surface area contributed by atoms with E-state index in [0.29, 0.717) is 11.3 Å². The molecule has 0 atom stereocenters. The molecule has 0 amide bonds. The molecular formula is C13H14N4. The van der Waals surface area contributed by atoms with E-state index >= 15 is 0 Å². The minimum Gasteiger partial charge on any atom is -0.397 e. The fraction of sp³-hybridized carbons (Fsp3) is 0.154. The molecule has 0 aliphatic heterocycles. The van der Waals surface area contributed by atoms with E-state index in [1.165, 1.54) is 5.56 Å². The van der Waals surface area contributed by atoms with Gasteiger partial charge in [-0.3, -0.25) is 0 Å². The average Bonchev–Trinajstić information content (AvgIpc) is 2.84. The largest absolute Gasteiger partial charge is 0.397 e. The maximum Gasteiger partial charge on any atom is 0.0992 e. The van der Waals surface area contributed by atoms with Crippen LogP contribution >= 0.6 is 0 Å². The number of hydrogen-bond acceptors (Lipinski definition) is 3. The van der Waals surface area contributed by atoms with Gasteiger partial charge in [0.05, 0.1) is 23.0 Å². The highest BCUT2D eigenvalue weighted by Crippen LogP contribution is 2.19. The number of nitrogens with one attached hydrogen (secondary N) is 2. The van der Waals surface area contributed by atoms with Crippen molar-refractivity contribution in [3.8, 4) is 6.07 Å². The van der Waals surface area contributed by atoms with Crippen LogP contribution in [0, 0.1) is 11.3 Å². The Morgan fingerprint density at radius 1 is 1.35 bits per heavy atom. The maximum atomic E-state index is 8.81. The molecule has 0 spiro atoms. The van der Waals surface area contributed by atoms with Gasteiger partial charge in [-0.2, -0.15) is 5.26 Å². The number of nitriles is 1. The van der Waals surface area contributed by atoms with E-state index in [4.69, 9.17) is 11.0 Å². The van der Waals surface area contributed by atoms with Crippen LogP contribution in [0.2, 0.25) is 0 Å². The van der Waals surface area contributed by atoms with Crippen LogP contribution in [-0.2, 0) is 6.42 Å². The van der Waals surface area contributed by atoms with E-state index in [2.05, 4.69) is 16.4 Å². The predicted molar refractivity (Wildman–Crippen MR) is 68.6 cm³/mol. The Hall–Kier alpha value is -2.41. The van der Waals surface area contributed by atoms with Gasteiger partial charge in [0.1, 0.15) is 0 Å². The summed E-state index contributed by atoms with van der Waals surface area (Å²) in [6.07, 6.45) is 4.79. The van der Waals surface area contributed by atoms with E-state index in [1.807, 2.05) is 18.5 Å². The number of aromatic nitrogens is 1. The fourth-order valence-electron chi connectivity index (χ4n) is 1.63. The predicted octanol–water partition coefficient (Wildman–Crippen LogP) is 2.12. The van der Waals surface area contributed by atoms with Crippen molar-refractivity contribution >= 4 is 11.4 Å². The Morgan fingerprint density at radius 2 is 2.24 bits per heavy atom. The summed E-state index contributed by atoms with van der Waals surface area (Å²) in [6, 6.07) is 9.37. The number of benzene rings is 1. The number of aromatic amines is 1. The minimum atomic E-state index is 0.614. The standard InChI is InChI=1S/C13H14N4/c14-8-11-1-2-12(15)13(7-11)17-6-4-10-3-5-16-9-10/h1-3,5,7,9,16-17H,4,6,15H2. The summed E-state index contributed by atoms with van der Waals surface area (Å²) < 4.78 is 0. The highest BCUT2D eigenvalue weighted by molar-refractivity contribution is 5.68. The highest BCUT2D eigenvalue weighted by Gasteiger charge is 2.00. The van der Waals surface area contributed by atoms with Gasteiger partial charge in [0.15, 0.2) is 0 Å². The number of H-pyrrole nitrogens is 1. The molecule has 4 N–H and O–H groups in total. The summed E-state index contributed by atoms with van der Waals surface area (Å²) in [5.41, 5.74) is 9.17. The lowest BCUT2D eigenvalue weighted by atomic mass is 10.2. The number of nitrogens with two attached hydrogens (primary N) is 1. The number of anilines is 2. The average molecular weight is 226 g/mol. The van der Waals surface area contributed by atoms with E-state index in [-0.39, 0.29) is 0 Å². The topological polar surface area (TPSA) is 77.6 Å². The first-order valence-corrected chi connectivity index (χ1v) is 5.45. The Kier molecular flexibility index (Phi) is 3.31. The van der Waals surface area contributed by atoms with Gasteiger partial charge in [0.2, 0.25) is 0 Å². The summed E-state index contributed by atoms with van der Waals surface area (Å²) in [5.74, 6) is 0. The number of nitrogen functional groups attached to an aromatic ring is 1. The SMILES string of the molecule is N#Cc1ccc(N)c(NCCc2cc[nH]c2)c1. The normalized spacial score (nSPS) is 9.82. The van der Waals surface area contributed by atoms with Crippen molar-refractivity contribution < 1.29 is 0 Å². The van der Waals surface area contributed by atoms with Gasteiger partial charge < -0.3 is 16.0 Å². The first kappa shape index (κ1) is 11.1. The van der Waals surface area contributed by atoms with E-state index in [9.17, 15) is 0 Å². The van der Waals surface area contributed by atoms with Crippen molar-refractivity contribution in [2.45, 2.75) is 6.42 Å². The molecule has 0 aliphatic rings. The molecule has 1 aromatic heterocycles. The summed E-state index contributed by atoms with van der Waals surface area (Å²) >= 11 is 0. The molecule has 0 radical (unpaired) electrons. The molecule has 0 bridgehead atoms. The number of hydrogen-bond donors (Lipinski definition) is 3. The lowest BCUT2D eigenvalue weighted by Gasteiger charge is -2.08. The van der Waals surface area contributed by atoms with Crippen LogP contribution in [0.25, 0.3) is 0 Å². The second-order valence-electron chi connectivity index (χ2n) is 3.81. The molecule has 1 heterocycles. The highest BCUT2D eigenvalue weighted by atomic mass is 14.9. The first-order valence-electron chi connectivity index (χ1n) is 5.45. The van der Waals surface area contributed by atoms with Gasteiger partial charge in [-0.15, -0.1) is 0 Å². The number of rotatable bonds is 4. The van der Waals surface area contributed by atoms with Gasteiger partial charge >= 0.3 is 0 Å². The maximum absolute atomic E-state index is 8.81. The molecule has 0 saturated carbocycles. The third-order valence-electron chi connectivity index (χ3n) is 2.57. The van der Waals surface area contributed by atoms with E-state index < -0.39 is 0 Å². The van der Waals surface area contributed by atoms with Crippen molar-refractivity contribution in [3.63, 3.8) is 0 Å². The fourth-order valence-corrected chi connectivity index (χ4v) is 1.63. The second kappa shape index (κ2) is 5.08. The third kappa shape index (κ3) is 2.79. The minimum absolute atomic E-state index is 0.614. The molecule has 2 rings (SSSR count). The summed E-state index contributed by atoms with van der Waals surface area (Å²) in [5, 5.41) is 12.0. The summed E-state index contributed by atoms with van der Waals surface area (Å²) in [7, 11) is 0. The first-order chi connectivity index (χ1) is 8.29. The van der Waals surface area contributed by atoms with Crippen molar-refractivity contribution in [2.75, 3.05) is 17.6 Å². The Balaban J connectivity index is 1.97. The molecule has 2 aromatic rings. The third-order valence-corrected chi connectivity index (χ3v) is 2.57. The Labute approximate surface area is 100 Å². The zero-order valence-corrected chi connectivity index (χ0v) is 9.40. The van der Waals surface area contributed by atoms with Crippen molar-refractivity contribution in [3.05, 3.63) is 47.8 Å². The molecule has 0 unspecified atom stereocenters. The molecule has 0 aliphatic carbocycles. The zero-order valence-electron chi connectivity index (χ0n) is 9.40. The summed E-state index contributed by atoms with van der Waals surface area (Å²) in [6.45, 7) is 0.789. The lowest BCUT2D eigenvalue weighted by Crippen LogP contribution is -2.06. The van der Waals surface area contributed by atoms with Crippen LogP contribution in [0.1, 0.15) is 11.1 Å². The van der Waals surface area contributed by atoms with Gasteiger partial charge in [0, 0.05) is 18.9 Å². The van der Waals surface area contributed by atoms with Crippen molar-refractivity contribution in [2.24, 2.45) is 0 Å². The zero-order chi connectivity index (χ0) is 12.1. The molecule has 4 heteroatoms. The quantitative estimate of drug-likeness (QED) is 0.699. The number of nitrogens with zero attached hydrogens (tertiary/aromatic N) is 1. The van der Waals surface area contributed by atoms with Crippen molar-refractivity contribution in [1.29, 1.82) is 5.26 Å². The van der Waals surface area contributed by atoms with Crippen molar-refractivity contribution in [1.82, 2.24) is 4.98 Å². The van der Waals surface area contributed by atoms with Crippen LogP contribution < -0.4 is 11.1 Å². The van der Waals surface area contributed by atoms with Gasteiger partial charge in [-0.1, -0.05) is 0 Å². The van der Waals surface area contributed by atoms with Crippen LogP contribution in [0.5, 0.6) is 0 Å². The van der Waals surface area contributed by atoms with E-state index in [0.717, 1.165) is 18.7 Å². The second-order valence-corrected chi connectivity index (χ2v) is 3.81. The molecule has 17 heavy (non-hydrogen) atoms. The Bertz CT molecular complexity index is 523. The monoisotopic (exact) mass is 226 g/mol. The van der Waals surface area contributed by atoms with Crippen LogP contribution in [0.15, 0.2) is 36.7 Å². The smallest absolute Gasteiger partial charge is 0.0992 e. The Morgan fingerprint density at radius 3 is 2.94 bits per heavy atom. The molecule has 4 nitrogen and oxygen atoms in total. The molecule has 0 fully saturated rings. The molecule has 0 saturated heterocycles. The lowest BCUT2D eigenvalue weighted by molar-refractivity contribution is 1.02. The van der Waals surface area contributed by atoms with Gasteiger partial charge in [0.25, 0.3) is 0 Å². The summed E-state index contributed by atoms with van der Waals surface area (Å²) in [4.78, 5) is 3.01. The molecular weight excluding hydrogens is 212 g/mol. The molecule has 86 valence electrons. The van der Waals surface area contributed by atoms with Gasteiger partial charge in [-0.05, 0) is 36.2 Å². The van der Waals surface area contributed by atoms with Crippen LogP contribution in [0.3, 0.4) is 0 Å².